The maximum absolute atomic E-state index is 5.78. The van der Waals surface area contributed by atoms with E-state index in [1.165, 1.54) is 0 Å². The summed E-state index contributed by atoms with van der Waals surface area (Å²) in [5.74, 6) is 1.18. The quantitative estimate of drug-likeness (QED) is 0.823. The molecule has 0 saturated heterocycles. The van der Waals surface area contributed by atoms with E-state index in [1.807, 2.05) is 6.07 Å². The van der Waals surface area contributed by atoms with Gasteiger partial charge in [0.25, 0.3) is 0 Å². The largest absolute Gasteiger partial charge is 0.381 e. The minimum atomic E-state index is 0.411. The summed E-state index contributed by atoms with van der Waals surface area (Å²) in [5.41, 5.74) is 7.50. The van der Waals surface area contributed by atoms with E-state index in [2.05, 4.69) is 22.4 Å². The molecule has 18 heavy (non-hydrogen) atoms. The lowest BCUT2D eigenvalue weighted by molar-refractivity contribution is 0.155. The first kappa shape index (κ1) is 12.6. The molecular formula is C11H17N5O2. The Bertz CT molecular complexity index is 505. The van der Waals surface area contributed by atoms with Crippen LogP contribution in [0.4, 0.5) is 5.82 Å². The van der Waals surface area contributed by atoms with Crippen LogP contribution in [0.1, 0.15) is 30.5 Å². The number of anilines is 1. The van der Waals surface area contributed by atoms with Gasteiger partial charge < -0.3 is 15.0 Å². The van der Waals surface area contributed by atoms with E-state index in [4.69, 9.17) is 15.0 Å². The number of rotatable bonds is 6. The summed E-state index contributed by atoms with van der Waals surface area (Å²) < 4.78 is 11.8. The fourth-order valence-electron chi connectivity index (χ4n) is 1.76. The van der Waals surface area contributed by atoms with E-state index in [-0.39, 0.29) is 0 Å². The van der Waals surface area contributed by atoms with Gasteiger partial charge in [-0.3, -0.25) is 0 Å². The average molecular weight is 251 g/mol. The highest BCUT2D eigenvalue weighted by atomic mass is 16.5. The predicted octanol–water partition coefficient (Wildman–Crippen LogP) is 0.995. The molecule has 0 aliphatic rings. The zero-order chi connectivity index (χ0) is 13.0. The maximum atomic E-state index is 5.78. The van der Waals surface area contributed by atoms with Gasteiger partial charge in [0, 0.05) is 13.2 Å². The number of nitrogen functional groups attached to an aromatic ring is 1. The Balaban J connectivity index is 2.12. The summed E-state index contributed by atoms with van der Waals surface area (Å²) in [6, 6.07) is 1.84. The summed E-state index contributed by atoms with van der Waals surface area (Å²) in [6.45, 7) is 3.00. The fourth-order valence-corrected chi connectivity index (χ4v) is 1.76. The van der Waals surface area contributed by atoms with E-state index in [0.29, 0.717) is 24.7 Å². The SMILES string of the molecule is CCCc1c(N)nnn1Cc1cc(COC)on1. The van der Waals surface area contributed by atoms with Crippen molar-refractivity contribution >= 4 is 5.82 Å². The number of aromatic nitrogens is 4. The Morgan fingerprint density at radius 2 is 2.33 bits per heavy atom. The molecule has 0 aliphatic heterocycles. The minimum absolute atomic E-state index is 0.411. The van der Waals surface area contributed by atoms with E-state index in [9.17, 15) is 0 Å². The van der Waals surface area contributed by atoms with Crippen LogP contribution >= 0.6 is 0 Å². The van der Waals surface area contributed by atoms with Crippen molar-refractivity contribution in [2.75, 3.05) is 12.8 Å². The topological polar surface area (TPSA) is 92.0 Å². The smallest absolute Gasteiger partial charge is 0.169 e. The third-order valence-corrected chi connectivity index (χ3v) is 2.56. The van der Waals surface area contributed by atoms with Crippen LogP contribution in [0, 0.1) is 0 Å². The second-order valence-electron chi connectivity index (χ2n) is 4.05. The minimum Gasteiger partial charge on any atom is -0.381 e. The van der Waals surface area contributed by atoms with Crippen LogP contribution in [0.5, 0.6) is 0 Å². The highest BCUT2D eigenvalue weighted by Gasteiger charge is 2.12. The number of ether oxygens (including phenoxy) is 1. The monoisotopic (exact) mass is 251 g/mol. The van der Waals surface area contributed by atoms with Gasteiger partial charge in [0.05, 0.1) is 12.2 Å². The van der Waals surface area contributed by atoms with Crippen LogP contribution in [0.2, 0.25) is 0 Å². The molecule has 0 fully saturated rings. The predicted molar refractivity (Wildman–Crippen MR) is 64.7 cm³/mol. The lowest BCUT2D eigenvalue weighted by atomic mass is 10.2. The molecule has 2 aromatic heterocycles. The second kappa shape index (κ2) is 5.63. The van der Waals surface area contributed by atoms with Gasteiger partial charge in [-0.05, 0) is 6.42 Å². The molecule has 7 nitrogen and oxygen atoms in total. The molecule has 0 amide bonds. The normalized spacial score (nSPS) is 11.0. The summed E-state index contributed by atoms with van der Waals surface area (Å²) in [4.78, 5) is 0. The molecule has 0 saturated carbocycles. The van der Waals surface area contributed by atoms with Gasteiger partial charge in [0.1, 0.15) is 12.3 Å². The number of hydrogen-bond acceptors (Lipinski definition) is 6. The molecule has 0 aliphatic carbocycles. The molecule has 0 spiro atoms. The summed E-state index contributed by atoms with van der Waals surface area (Å²) in [6.07, 6.45) is 1.84. The fraction of sp³-hybridized carbons (Fsp3) is 0.545. The van der Waals surface area contributed by atoms with Crippen LogP contribution < -0.4 is 5.73 Å². The molecule has 98 valence electrons. The molecule has 2 rings (SSSR count). The molecule has 0 bridgehead atoms. The van der Waals surface area contributed by atoms with Crippen molar-refractivity contribution in [2.24, 2.45) is 0 Å². The Hall–Kier alpha value is -1.89. The van der Waals surface area contributed by atoms with Crippen molar-refractivity contribution in [1.29, 1.82) is 0 Å². The van der Waals surface area contributed by atoms with Gasteiger partial charge in [-0.25, -0.2) is 4.68 Å². The zero-order valence-corrected chi connectivity index (χ0v) is 10.6. The van der Waals surface area contributed by atoms with E-state index in [1.54, 1.807) is 11.8 Å². The first-order valence-electron chi connectivity index (χ1n) is 5.85. The molecule has 7 heteroatoms. The van der Waals surface area contributed by atoms with Gasteiger partial charge in [-0.15, -0.1) is 5.10 Å². The lowest BCUT2D eigenvalue weighted by Crippen LogP contribution is -2.07. The Morgan fingerprint density at radius 1 is 1.50 bits per heavy atom. The first-order valence-corrected chi connectivity index (χ1v) is 5.85. The average Bonchev–Trinajstić information content (AvgIpc) is 2.92. The molecular weight excluding hydrogens is 234 g/mol. The second-order valence-corrected chi connectivity index (χ2v) is 4.05. The maximum Gasteiger partial charge on any atom is 0.169 e. The zero-order valence-electron chi connectivity index (χ0n) is 10.6. The molecule has 2 N–H and O–H groups in total. The number of nitrogens with zero attached hydrogens (tertiary/aromatic N) is 4. The van der Waals surface area contributed by atoms with Gasteiger partial charge in [-0.2, -0.15) is 0 Å². The van der Waals surface area contributed by atoms with Gasteiger partial charge >= 0.3 is 0 Å². The van der Waals surface area contributed by atoms with Crippen molar-refractivity contribution in [1.82, 2.24) is 20.2 Å². The standard InChI is InChI=1S/C11H17N5O2/c1-3-4-10-11(12)13-15-16(10)6-8-5-9(7-17-2)18-14-8/h5H,3-4,6-7,12H2,1-2H3. The van der Waals surface area contributed by atoms with Gasteiger partial charge in [0.15, 0.2) is 11.6 Å². The van der Waals surface area contributed by atoms with Crippen molar-refractivity contribution in [3.05, 3.63) is 23.2 Å². The van der Waals surface area contributed by atoms with E-state index >= 15 is 0 Å². The van der Waals surface area contributed by atoms with E-state index in [0.717, 1.165) is 24.2 Å². The molecule has 2 aromatic rings. The Morgan fingerprint density at radius 3 is 3.06 bits per heavy atom. The van der Waals surface area contributed by atoms with Crippen LogP contribution in [-0.4, -0.2) is 27.3 Å². The number of nitrogens with two attached hydrogens (primary N) is 1. The molecule has 0 aromatic carbocycles. The molecule has 0 atom stereocenters. The summed E-state index contributed by atoms with van der Waals surface area (Å²) in [5, 5.41) is 11.9. The Labute approximate surface area is 105 Å². The third-order valence-electron chi connectivity index (χ3n) is 2.56. The molecule has 2 heterocycles. The number of hydrogen-bond donors (Lipinski definition) is 1. The van der Waals surface area contributed by atoms with Crippen LogP contribution in [0.15, 0.2) is 10.6 Å². The van der Waals surface area contributed by atoms with Crippen LogP contribution in [-0.2, 0) is 24.3 Å². The third kappa shape index (κ3) is 2.67. The van der Waals surface area contributed by atoms with Crippen molar-refractivity contribution < 1.29 is 9.26 Å². The van der Waals surface area contributed by atoms with Crippen molar-refractivity contribution in [2.45, 2.75) is 32.9 Å². The van der Waals surface area contributed by atoms with Crippen LogP contribution in [0.25, 0.3) is 0 Å². The number of methoxy groups -OCH3 is 1. The highest BCUT2D eigenvalue weighted by molar-refractivity contribution is 5.33. The van der Waals surface area contributed by atoms with Gasteiger partial charge in [-0.1, -0.05) is 23.7 Å². The summed E-state index contributed by atoms with van der Waals surface area (Å²) in [7, 11) is 1.61. The molecule has 0 unspecified atom stereocenters. The lowest BCUT2D eigenvalue weighted by Gasteiger charge is -2.02. The van der Waals surface area contributed by atoms with Gasteiger partial charge in [0.2, 0.25) is 0 Å². The summed E-state index contributed by atoms with van der Waals surface area (Å²) >= 11 is 0. The van der Waals surface area contributed by atoms with Crippen LogP contribution in [0.3, 0.4) is 0 Å². The first-order chi connectivity index (χ1) is 8.74. The van der Waals surface area contributed by atoms with Crippen molar-refractivity contribution in [3.8, 4) is 0 Å². The van der Waals surface area contributed by atoms with E-state index < -0.39 is 0 Å². The molecule has 0 radical (unpaired) electrons. The highest BCUT2D eigenvalue weighted by Crippen LogP contribution is 2.13. The Kier molecular flexibility index (Phi) is 3.93. The van der Waals surface area contributed by atoms with Crippen molar-refractivity contribution in [3.63, 3.8) is 0 Å².